The summed E-state index contributed by atoms with van der Waals surface area (Å²) in [7, 11) is 0. The highest BCUT2D eigenvalue weighted by atomic mass is 35.5. The molecule has 5 rings (SSSR count). The van der Waals surface area contributed by atoms with Crippen molar-refractivity contribution in [2.75, 3.05) is 16.8 Å². The fourth-order valence-electron chi connectivity index (χ4n) is 4.35. The molecule has 7 nitrogen and oxygen atoms in total. The zero-order valence-electron chi connectivity index (χ0n) is 17.6. The van der Waals surface area contributed by atoms with Crippen LogP contribution < -0.4 is 10.2 Å². The number of nitrogens with zero attached hydrogens (tertiary/aromatic N) is 5. The second-order valence-corrected chi connectivity index (χ2v) is 9.59. The van der Waals surface area contributed by atoms with E-state index in [1.54, 1.807) is 6.07 Å². The van der Waals surface area contributed by atoms with Gasteiger partial charge in [0.15, 0.2) is 10.8 Å². The van der Waals surface area contributed by atoms with Crippen molar-refractivity contribution >= 4 is 46.3 Å². The Morgan fingerprint density at radius 2 is 1.97 bits per heavy atom. The van der Waals surface area contributed by atoms with Crippen LogP contribution in [0.15, 0.2) is 24.5 Å². The van der Waals surface area contributed by atoms with Crippen molar-refractivity contribution in [3.8, 4) is 0 Å². The van der Waals surface area contributed by atoms with Gasteiger partial charge in [-0.05, 0) is 31.7 Å². The number of nitrogens with one attached hydrogen (secondary N) is 1. The van der Waals surface area contributed by atoms with E-state index in [9.17, 15) is 18.0 Å². The van der Waals surface area contributed by atoms with Crippen molar-refractivity contribution in [3.05, 3.63) is 46.1 Å². The number of carbonyl (C=O) groups is 1. The summed E-state index contributed by atoms with van der Waals surface area (Å²) < 4.78 is 43.6. The van der Waals surface area contributed by atoms with E-state index in [4.69, 9.17) is 23.2 Å². The molecule has 1 aliphatic carbocycles. The molecule has 0 radical (unpaired) electrons. The van der Waals surface area contributed by atoms with Crippen LogP contribution in [0, 0.1) is 5.92 Å². The third kappa shape index (κ3) is 3.59. The number of alkyl halides is 3. The third-order valence-electron chi connectivity index (χ3n) is 6.47. The van der Waals surface area contributed by atoms with Crippen molar-refractivity contribution in [3.63, 3.8) is 0 Å². The summed E-state index contributed by atoms with van der Waals surface area (Å²) in [5.74, 6) is 0.756. The minimum Gasteiger partial charge on any atom is -0.306 e. The largest absolute Gasteiger partial charge is 0.401 e. The number of carbonyl (C=O) groups excluding carboxylic acids is 1. The average molecular weight is 499 g/mol. The molecule has 1 unspecified atom stereocenters. The molecule has 1 fully saturated rings. The molecular weight excluding hydrogens is 480 g/mol. The van der Waals surface area contributed by atoms with Crippen LogP contribution in [0.3, 0.4) is 0 Å². The van der Waals surface area contributed by atoms with Gasteiger partial charge in [-0.2, -0.15) is 18.3 Å². The van der Waals surface area contributed by atoms with Crippen molar-refractivity contribution in [1.29, 1.82) is 0 Å². The van der Waals surface area contributed by atoms with Gasteiger partial charge in [0, 0.05) is 18.5 Å². The molecule has 12 heteroatoms. The summed E-state index contributed by atoms with van der Waals surface area (Å²) in [5, 5.41) is 6.98. The number of amides is 2. The lowest BCUT2D eigenvalue weighted by atomic mass is 9.88. The van der Waals surface area contributed by atoms with Crippen LogP contribution in [0.25, 0.3) is 5.65 Å². The molecule has 2 aliphatic rings. The monoisotopic (exact) mass is 498 g/mol. The summed E-state index contributed by atoms with van der Waals surface area (Å²) in [4.78, 5) is 22.6. The first kappa shape index (κ1) is 22.2. The van der Waals surface area contributed by atoms with Gasteiger partial charge in [-0.3, -0.25) is 9.88 Å². The molecule has 1 aliphatic heterocycles. The summed E-state index contributed by atoms with van der Waals surface area (Å²) in [6.45, 7) is 2.44. The number of rotatable bonds is 3. The van der Waals surface area contributed by atoms with E-state index in [1.165, 1.54) is 18.5 Å². The Hall–Kier alpha value is -2.59. The van der Waals surface area contributed by atoms with Crippen molar-refractivity contribution in [2.45, 2.75) is 44.2 Å². The van der Waals surface area contributed by atoms with Crippen LogP contribution >= 0.6 is 23.2 Å². The molecule has 0 bridgehead atoms. The second-order valence-electron chi connectivity index (χ2n) is 8.79. The molecule has 4 heterocycles. The van der Waals surface area contributed by atoms with E-state index in [2.05, 4.69) is 27.3 Å². The van der Waals surface area contributed by atoms with E-state index in [1.807, 2.05) is 0 Å². The van der Waals surface area contributed by atoms with Gasteiger partial charge < -0.3 is 5.32 Å². The highest BCUT2D eigenvalue weighted by Crippen LogP contribution is 2.50. The standard InChI is InChI=1S/C21H19Cl2F3N6O/c1-10(11-3-4-11)17-13(22)5-12(7-28-17)29-19(33)31-9-20(2,21(24,25)26)18-14(31)8-27-16-6-15(23)30-32(16)18/h5-8,10-11H,3-4,9H2,1-2H3,(H,29,33)/t10?,20-/m1/s1. The summed E-state index contributed by atoms with van der Waals surface area (Å²) in [6, 6.07) is 2.17. The van der Waals surface area contributed by atoms with Crippen LogP contribution in [0.4, 0.5) is 29.3 Å². The first-order valence-corrected chi connectivity index (χ1v) is 11.1. The molecule has 0 aromatic carbocycles. The fraction of sp³-hybridized carbons (Fsp3) is 0.429. The third-order valence-corrected chi connectivity index (χ3v) is 6.96. The van der Waals surface area contributed by atoms with Crippen molar-refractivity contribution in [1.82, 2.24) is 19.6 Å². The molecule has 0 spiro atoms. The molecule has 3 aromatic rings. The van der Waals surface area contributed by atoms with E-state index in [0.29, 0.717) is 10.9 Å². The van der Waals surface area contributed by atoms with Crippen LogP contribution in [-0.4, -0.2) is 38.3 Å². The normalized spacial score (nSPS) is 21.4. The number of urea groups is 1. The van der Waals surface area contributed by atoms with Crippen LogP contribution in [-0.2, 0) is 5.41 Å². The number of aromatic nitrogens is 4. The number of fused-ring (bicyclic) bond motifs is 3. The van der Waals surface area contributed by atoms with E-state index in [-0.39, 0.29) is 33.8 Å². The minimum atomic E-state index is -4.66. The van der Waals surface area contributed by atoms with Gasteiger partial charge in [0.05, 0.1) is 40.2 Å². The van der Waals surface area contributed by atoms with Gasteiger partial charge in [-0.1, -0.05) is 30.1 Å². The average Bonchev–Trinajstić information content (AvgIpc) is 3.43. The maximum Gasteiger partial charge on any atom is 0.401 e. The van der Waals surface area contributed by atoms with Crippen LogP contribution in [0.1, 0.15) is 44.0 Å². The molecule has 3 aromatic heterocycles. The maximum absolute atomic E-state index is 14.2. The Morgan fingerprint density at radius 3 is 2.61 bits per heavy atom. The topological polar surface area (TPSA) is 75.4 Å². The Morgan fingerprint density at radius 1 is 1.24 bits per heavy atom. The predicted molar refractivity (Wildman–Crippen MR) is 118 cm³/mol. The molecule has 1 N–H and O–H groups in total. The minimum absolute atomic E-state index is 0.00220. The Balaban J connectivity index is 1.48. The van der Waals surface area contributed by atoms with E-state index < -0.39 is 24.2 Å². The van der Waals surface area contributed by atoms with Gasteiger partial charge in [-0.15, -0.1) is 0 Å². The van der Waals surface area contributed by atoms with Gasteiger partial charge >= 0.3 is 12.2 Å². The lowest BCUT2D eigenvalue weighted by Gasteiger charge is -2.28. The Bertz CT molecular complexity index is 1270. The van der Waals surface area contributed by atoms with Gasteiger partial charge in [-0.25, -0.2) is 14.3 Å². The second kappa shape index (κ2) is 7.46. The number of halogens is 5. The molecule has 0 saturated heterocycles. The molecule has 2 atom stereocenters. The number of hydrogen-bond donors (Lipinski definition) is 1. The van der Waals surface area contributed by atoms with E-state index >= 15 is 0 Å². The van der Waals surface area contributed by atoms with Gasteiger partial charge in [0.1, 0.15) is 5.41 Å². The Labute approximate surface area is 196 Å². The van der Waals surface area contributed by atoms with E-state index in [0.717, 1.165) is 34.9 Å². The summed E-state index contributed by atoms with van der Waals surface area (Å²) >= 11 is 12.3. The first-order valence-electron chi connectivity index (χ1n) is 10.3. The van der Waals surface area contributed by atoms with Crippen molar-refractivity contribution in [2.24, 2.45) is 5.92 Å². The summed E-state index contributed by atoms with van der Waals surface area (Å²) in [6.07, 6.45) is 0.298. The lowest BCUT2D eigenvalue weighted by molar-refractivity contribution is -0.181. The number of hydrogen-bond acceptors (Lipinski definition) is 4. The number of anilines is 2. The predicted octanol–water partition coefficient (Wildman–Crippen LogP) is 5.82. The van der Waals surface area contributed by atoms with Crippen LogP contribution in [0.5, 0.6) is 0 Å². The Kier molecular flexibility index (Phi) is 5.02. The summed E-state index contributed by atoms with van der Waals surface area (Å²) in [5.41, 5.74) is -1.39. The molecule has 2 amide bonds. The lowest BCUT2D eigenvalue weighted by Crippen LogP contribution is -2.46. The highest BCUT2D eigenvalue weighted by Gasteiger charge is 2.60. The zero-order chi connectivity index (χ0) is 23.7. The molecule has 1 saturated carbocycles. The van der Waals surface area contributed by atoms with Crippen LogP contribution in [0.2, 0.25) is 10.2 Å². The van der Waals surface area contributed by atoms with Gasteiger partial charge in [0.25, 0.3) is 0 Å². The fourth-order valence-corrected chi connectivity index (χ4v) is 4.87. The SMILES string of the molecule is CC(c1ncc(NC(=O)N2C[C@@](C)(C(F)(F)F)c3c2cnc2cc(Cl)nn32)cc1Cl)C1CC1. The smallest absolute Gasteiger partial charge is 0.306 e. The molecule has 33 heavy (non-hydrogen) atoms. The molecule has 174 valence electrons. The first-order chi connectivity index (χ1) is 15.5. The van der Waals surface area contributed by atoms with Crippen molar-refractivity contribution < 1.29 is 18.0 Å². The number of pyridine rings is 1. The van der Waals surface area contributed by atoms with Gasteiger partial charge in [0.2, 0.25) is 0 Å². The quantitative estimate of drug-likeness (QED) is 0.493. The molecular formula is C21H19Cl2F3N6O. The maximum atomic E-state index is 14.2. The highest BCUT2D eigenvalue weighted by molar-refractivity contribution is 6.31. The zero-order valence-corrected chi connectivity index (χ0v) is 19.1.